The highest BCUT2D eigenvalue weighted by Crippen LogP contribution is 2.53. The summed E-state index contributed by atoms with van der Waals surface area (Å²) in [6.07, 6.45) is -4.74. The number of rotatable bonds is 2. The van der Waals surface area contributed by atoms with Crippen LogP contribution in [0.2, 0.25) is 0 Å². The maximum Gasteiger partial charge on any atom is 0.399 e. The van der Waals surface area contributed by atoms with E-state index in [0.717, 1.165) is 17.3 Å². The lowest BCUT2D eigenvalue weighted by molar-refractivity contribution is -0.178. The SMILES string of the molecule is Cc1ccc(S[C@H]2OC(=O)C(Cl)(Cl)[C@H]2C(F)(F)F)cc1. The average molecular weight is 345 g/mol. The Morgan fingerprint density at radius 2 is 1.80 bits per heavy atom. The van der Waals surface area contributed by atoms with Crippen LogP contribution in [0.4, 0.5) is 13.2 Å². The van der Waals surface area contributed by atoms with Gasteiger partial charge >= 0.3 is 12.1 Å². The second kappa shape index (κ2) is 5.31. The number of hydrogen-bond acceptors (Lipinski definition) is 3. The van der Waals surface area contributed by atoms with Crippen molar-refractivity contribution in [2.45, 2.75) is 27.8 Å². The van der Waals surface area contributed by atoms with E-state index >= 15 is 0 Å². The molecule has 2 rings (SSSR count). The second-order valence-electron chi connectivity index (χ2n) is 4.35. The van der Waals surface area contributed by atoms with Crippen LogP contribution in [0.1, 0.15) is 5.56 Å². The van der Waals surface area contributed by atoms with E-state index in [1.807, 2.05) is 6.92 Å². The maximum absolute atomic E-state index is 13.0. The van der Waals surface area contributed by atoms with Crippen LogP contribution < -0.4 is 0 Å². The lowest BCUT2D eigenvalue weighted by Gasteiger charge is -2.24. The van der Waals surface area contributed by atoms with Gasteiger partial charge in [0.2, 0.25) is 4.33 Å². The van der Waals surface area contributed by atoms with Crippen LogP contribution in [0.15, 0.2) is 29.2 Å². The van der Waals surface area contributed by atoms with Crippen molar-refractivity contribution in [2.24, 2.45) is 5.92 Å². The van der Waals surface area contributed by atoms with Gasteiger partial charge in [0.05, 0.1) is 0 Å². The highest BCUT2D eigenvalue weighted by atomic mass is 35.5. The molecule has 0 aromatic heterocycles. The van der Waals surface area contributed by atoms with Gasteiger partial charge in [0.1, 0.15) is 5.92 Å². The Morgan fingerprint density at radius 1 is 1.25 bits per heavy atom. The van der Waals surface area contributed by atoms with E-state index in [0.29, 0.717) is 4.90 Å². The highest BCUT2D eigenvalue weighted by molar-refractivity contribution is 7.99. The molecule has 0 radical (unpaired) electrons. The number of alkyl halides is 5. The smallest absolute Gasteiger partial charge is 0.399 e. The first kappa shape index (κ1) is 15.8. The first-order valence-electron chi connectivity index (χ1n) is 5.51. The van der Waals surface area contributed by atoms with Crippen molar-refractivity contribution in [3.63, 3.8) is 0 Å². The Kier molecular flexibility index (Phi) is 4.19. The summed E-state index contributed by atoms with van der Waals surface area (Å²) in [6, 6.07) is 6.78. The molecule has 1 heterocycles. The fourth-order valence-corrected chi connectivity index (χ4v) is 3.66. The number of aryl methyl sites for hydroxylation is 1. The summed E-state index contributed by atoms with van der Waals surface area (Å²) in [5.41, 5.74) is -0.533. The first-order valence-corrected chi connectivity index (χ1v) is 7.15. The molecule has 1 aliphatic heterocycles. The second-order valence-corrected chi connectivity index (χ2v) is 6.90. The molecule has 0 saturated carbocycles. The van der Waals surface area contributed by atoms with Crippen molar-refractivity contribution in [3.8, 4) is 0 Å². The third kappa shape index (κ3) is 3.02. The Balaban J connectivity index is 2.26. The number of esters is 1. The number of benzene rings is 1. The minimum absolute atomic E-state index is 0.536. The van der Waals surface area contributed by atoms with E-state index in [1.54, 1.807) is 24.3 Å². The summed E-state index contributed by atoms with van der Waals surface area (Å²) in [7, 11) is 0. The van der Waals surface area contributed by atoms with Gasteiger partial charge in [-0.05, 0) is 19.1 Å². The molecule has 0 unspecified atom stereocenters. The predicted molar refractivity (Wildman–Crippen MR) is 70.9 cm³/mol. The van der Waals surface area contributed by atoms with Crippen LogP contribution in [-0.2, 0) is 9.53 Å². The van der Waals surface area contributed by atoms with E-state index in [-0.39, 0.29) is 0 Å². The topological polar surface area (TPSA) is 26.3 Å². The van der Waals surface area contributed by atoms with Gasteiger partial charge in [-0.15, -0.1) is 0 Å². The Morgan fingerprint density at radius 3 is 2.30 bits per heavy atom. The molecule has 0 bridgehead atoms. The fraction of sp³-hybridized carbons (Fsp3) is 0.417. The molecule has 8 heteroatoms. The highest BCUT2D eigenvalue weighted by Gasteiger charge is 2.67. The zero-order valence-electron chi connectivity index (χ0n) is 10.1. The van der Waals surface area contributed by atoms with Crippen molar-refractivity contribution in [2.75, 3.05) is 0 Å². The number of cyclic esters (lactones) is 1. The van der Waals surface area contributed by atoms with Crippen LogP contribution in [0.3, 0.4) is 0 Å². The molecule has 1 aromatic rings. The third-order valence-corrected chi connectivity index (χ3v) is 4.71. The molecule has 0 aliphatic carbocycles. The van der Waals surface area contributed by atoms with E-state index in [4.69, 9.17) is 27.9 Å². The van der Waals surface area contributed by atoms with Gasteiger partial charge < -0.3 is 4.74 Å². The summed E-state index contributed by atoms with van der Waals surface area (Å²) in [6.45, 7) is 1.85. The fourth-order valence-electron chi connectivity index (χ4n) is 1.75. The number of thioether (sulfide) groups is 1. The number of hydrogen-bond donors (Lipinski definition) is 0. The molecular weight excluding hydrogens is 336 g/mol. The van der Waals surface area contributed by atoms with E-state index in [1.165, 1.54) is 0 Å². The largest absolute Gasteiger partial charge is 0.448 e. The maximum atomic E-state index is 13.0. The van der Waals surface area contributed by atoms with Crippen molar-refractivity contribution >= 4 is 40.9 Å². The number of ether oxygens (including phenoxy) is 1. The lowest BCUT2D eigenvalue weighted by Crippen LogP contribution is -2.40. The molecule has 1 aromatic carbocycles. The van der Waals surface area contributed by atoms with Crippen molar-refractivity contribution < 1.29 is 22.7 Å². The van der Waals surface area contributed by atoms with Crippen LogP contribution in [-0.4, -0.2) is 21.9 Å². The molecule has 0 amide bonds. The summed E-state index contributed by atoms with van der Waals surface area (Å²) in [5, 5.41) is 0. The van der Waals surface area contributed by atoms with Crippen LogP contribution >= 0.6 is 35.0 Å². The molecule has 0 spiro atoms. The summed E-state index contributed by atoms with van der Waals surface area (Å²) in [4.78, 5) is 11.9. The molecule has 1 aliphatic rings. The molecule has 110 valence electrons. The zero-order valence-corrected chi connectivity index (χ0v) is 12.4. The van der Waals surface area contributed by atoms with Gasteiger partial charge in [0, 0.05) is 4.90 Å². The zero-order chi connectivity index (χ0) is 15.1. The lowest BCUT2D eigenvalue weighted by atomic mass is 10.1. The third-order valence-electron chi connectivity index (χ3n) is 2.78. The van der Waals surface area contributed by atoms with Gasteiger partial charge in [-0.25, -0.2) is 4.79 Å². The van der Waals surface area contributed by atoms with Crippen molar-refractivity contribution in [3.05, 3.63) is 29.8 Å². The van der Waals surface area contributed by atoms with Crippen LogP contribution in [0.25, 0.3) is 0 Å². The summed E-state index contributed by atoms with van der Waals surface area (Å²) < 4.78 is 41.2. The number of carbonyl (C=O) groups excluding carboxylic acids is 1. The average Bonchev–Trinajstić information content (AvgIpc) is 2.51. The van der Waals surface area contributed by atoms with Gasteiger partial charge in [-0.1, -0.05) is 52.7 Å². The number of halogens is 5. The standard InChI is InChI=1S/C12H9Cl2F3O2S/c1-6-2-4-7(5-3-6)20-9-8(12(15,16)17)11(13,14)10(18)19-9/h2-5,8-9H,1H3/t8-,9+/m0/s1. The van der Waals surface area contributed by atoms with Crippen LogP contribution in [0, 0.1) is 12.8 Å². The molecule has 0 N–H and O–H groups in total. The van der Waals surface area contributed by atoms with Crippen molar-refractivity contribution in [1.29, 1.82) is 0 Å². The molecule has 20 heavy (non-hydrogen) atoms. The van der Waals surface area contributed by atoms with E-state index in [2.05, 4.69) is 0 Å². The minimum Gasteiger partial charge on any atom is -0.448 e. The molecular formula is C12H9Cl2F3O2S. The van der Waals surface area contributed by atoms with Gasteiger partial charge in [-0.2, -0.15) is 13.2 Å². The number of carbonyl (C=O) groups is 1. The molecule has 1 fully saturated rings. The Hall–Kier alpha value is -0.590. The molecule has 2 nitrogen and oxygen atoms in total. The molecule has 1 saturated heterocycles. The minimum atomic E-state index is -4.74. The van der Waals surface area contributed by atoms with E-state index in [9.17, 15) is 18.0 Å². The van der Waals surface area contributed by atoms with Gasteiger partial charge in [-0.3, -0.25) is 0 Å². The van der Waals surface area contributed by atoms with Crippen molar-refractivity contribution in [1.82, 2.24) is 0 Å². The van der Waals surface area contributed by atoms with Gasteiger partial charge in [0.15, 0.2) is 5.44 Å². The van der Waals surface area contributed by atoms with Crippen LogP contribution in [0.5, 0.6) is 0 Å². The quantitative estimate of drug-likeness (QED) is 0.590. The normalized spacial score (nSPS) is 25.6. The first-order chi connectivity index (χ1) is 9.12. The Bertz CT molecular complexity index is 516. The predicted octanol–water partition coefficient (Wildman–Crippen LogP) is 4.32. The van der Waals surface area contributed by atoms with E-state index < -0.39 is 27.8 Å². The summed E-state index contributed by atoms with van der Waals surface area (Å²) >= 11 is 11.8. The van der Waals surface area contributed by atoms with Gasteiger partial charge in [0.25, 0.3) is 0 Å². The Labute approximate surface area is 127 Å². The monoisotopic (exact) mass is 344 g/mol. The summed E-state index contributed by atoms with van der Waals surface area (Å²) in [5.74, 6) is -3.55. The molecule has 2 atom stereocenters.